The van der Waals surface area contributed by atoms with Crippen LogP contribution in [0.15, 0.2) is 12.1 Å². The summed E-state index contributed by atoms with van der Waals surface area (Å²) in [5.41, 5.74) is 3.24. The fourth-order valence-corrected chi connectivity index (χ4v) is 2.15. The van der Waals surface area contributed by atoms with Gasteiger partial charge in [0.15, 0.2) is 11.6 Å². The largest absolute Gasteiger partial charge is 0.385 e. The minimum atomic E-state index is -0.858. The van der Waals surface area contributed by atoms with Gasteiger partial charge in [0.2, 0.25) is 0 Å². The SMILES string of the molecule is CCNc1c(C)c(CC)nc2cc(F)c(F)cc12. The summed E-state index contributed by atoms with van der Waals surface area (Å²) >= 11 is 0. The second-order valence-corrected chi connectivity index (χ2v) is 4.23. The number of aromatic nitrogens is 1. The van der Waals surface area contributed by atoms with Crippen LogP contribution in [0.25, 0.3) is 10.9 Å². The van der Waals surface area contributed by atoms with Crippen LogP contribution in [-0.2, 0) is 6.42 Å². The summed E-state index contributed by atoms with van der Waals surface area (Å²) in [6.45, 7) is 6.64. The van der Waals surface area contributed by atoms with Crippen molar-refractivity contribution in [2.24, 2.45) is 0 Å². The van der Waals surface area contributed by atoms with Gasteiger partial charge in [0.25, 0.3) is 0 Å². The molecule has 0 atom stereocenters. The lowest BCUT2D eigenvalue weighted by atomic mass is 10.0. The Morgan fingerprint density at radius 2 is 1.83 bits per heavy atom. The van der Waals surface area contributed by atoms with Crippen molar-refractivity contribution in [2.75, 3.05) is 11.9 Å². The molecule has 0 aliphatic rings. The van der Waals surface area contributed by atoms with Crippen molar-refractivity contribution in [3.8, 4) is 0 Å². The second kappa shape index (κ2) is 4.88. The first-order chi connectivity index (χ1) is 8.58. The number of nitrogens with one attached hydrogen (secondary N) is 1. The molecule has 2 nitrogen and oxygen atoms in total. The zero-order chi connectivity index (χ0) is 13.3. The maximum absolute atomic E-state index is 13.4. The molecule has 4 heteroatoms. The van der Waals surface area contributed by atoms with Gasteiger partial charge in [0, 0.05) is 29.4 Å². The molecule has 0 unspecified atom stereocenters. The minimum Gasteiger partial charge on any atom is -0.385 e. The molecule has 2 rings (SSSR count). The number of hydrogen-bond acceptors (Lipinski definition) is 2. The molecule has 0 saturated carbocycles. The Hall–Kier alpha value is -1.71. The standard InChI is InChI=1S/C14H16F2N2/c1-4-12-8(3)14(17-5-2)9-6-10(15)11(16)7-13(9)18-12/h6-7H,4-5H2,1-3H3,(H,17,18). The van der Waals surface area contributed by atoms with Crippen molar-refractivity contribution in [1.29, 1.82) is 0 Å². The third kappa shape index (κ3) is 2.03. The number of benzene rings is 1. The molecule has 0 fully saturated rings. The van der Waals surface area contributed by atoms with Crippen LogP contribution in [0.5, 0.6) is 0 Å². The summed E-state index contributed by atoms with van der Waals surface area (Å²) in [4.78, 5) is 4.39. The van der Waals surface area contributed by atoms with E-state index in [1.54, 1.807) is 0 Å². The highest BCUT2D eigenvalue weighted by Gasteiger charge is 2.13. The maximum Gasteiger partial charge on any atom is 0.161 e. The lowest BCUT2D eigenvalue weighted by Crippen LogP contribution is -2.05. The number of aryl methyl sites for hydroxylation is 1. The van der Waals surface area contributed by atoms with Crippen LogP contribution < -0.4 is 5.32 Å². The third-order valence-corrected chi connectivity index (χ3v) is 3.06. The van der Waals surface area contributed by atoms with Crippen LogP contribution in [0.1, 0.15) is 25.1 Å². The first kappa shape index (κ1) is 12.7. The number of pyridine rings is 1. The highest BCUT2D eigenvalue weighted by Crippen LogP contribution is 2.29. The molecule has 1 aromatic carbocycles. The topological polar surface area (TPSA) is 24.9 Å². The molecule has 0 aliphatic heterocycles. The van der Waals surface area contributed by atoms with Gasteiger partial charge in [-0.1, -0.05) is 6.92 Å². The average Bonchev–Trinajstić information content (AvgIpc) is 2.35. The van der Waals surface area contributed by atoms with E-state index in [1.165, 1.54) is 6.07 Å². The summed E-state index contributed by atoms with van der Waals surface area (Å²) in [6.07, 6.45) is 0.763. The van der Waals surface area contributed by atoms with Gasteiger partial charge in [-0.15, -0.1) is 0 Å². The number of hydrogen-bond donors (Lipinski definition) is 1. The minimum absolute atomic E-state index is 0.493. The van der Waals surface area contributed by atoms with E-state index in [0.717, 1.165) is 36.0 Å². The first-order valence-electron chi connectivity index (χ1n) is 6.10. The lowest BCUT2D eigenvalue weighted by molar-refractivity contribution is 0.510. The average molecular weight is 250 g/mol. The van der Waals surface area contributed by atoms with E-state index >= 15 is 0 Å². The molecular weight excluding hydrogens is 234 g/mol. The van der Waals surface area contributed by atoms with E-state index in [2.05, 4.69) is 10.3 Å². The number of rotatable bonds is 3. The summed E-state index contributed by atoms with van der Waals surface area (Å²) in [5, 5.41) is 3.84. The van der Waals surface area contributed by atoms with E-state index < -0.39 is 11.6 Å². The molecule has 0 saturated heterocycles. The molecule has 18 heavy (non-hydrogen) atoms. The van der Waals surface area contributed by atoms with Gasteiger partial charge < -0.3 is 5.32 Å². The van der Waals surface area contributed by atoms with Crippen molar-refractivity contribution in [1.82, 2.24) is 4.98 Å². The smallest absolute Gasteiger partial charge is 0.161 e. The summed E-state index contributed by atoms with van der Waals surface area (Å²) in [7, 11) is 0. The normalized spacial score (nSPS) is 10.9. The van der Waals surface area contributed by atoms with Crippen LogP contribution >= 0.6 is 0 Å². The van der Waals surface area contributed by atoms with Crippen molar-refractivity contribution >= 4 is 16.6 Å². The Labute approximate surface area is 105 Å². The molecule has 0 spiro atoms. The van der Waals surface area contributed by atoms with Crippen LogP contribution in [0, 0.1) is 18.6 Å². The molecular formula is C14H16F2N2. The Kier molecular flexibility index (Phi) is 3.45. The molecule has 0 amide bonds. The molecule has 0 aliphatic carbocycles. The van der Waals surface area contributed by atoms with Gasteiger partial charge in [-0.2, -0.15) is 0 Å². The van der Waals surface area contributed by atoms with E-state index in [0.29, 0.717) is 10.9 Å². The van der Waals surface area contributed by atoms with Crippen molar-refractivity contribution in [2.45, 2.75) is 27.2 Å². The van der Waals surface area contributed by atoms with Crippen molar-refractivity contribution in [3.05, 3.63) is 35.0 Å². The lowest BCUT2D eigenvalue weighted by Gasteiger charge is -2.14. The Balaban J connectivity index is 2.81. The Bertz CT molecular complexity index is 594. The second-order valence-electron chi connectivity index (χ2n) is 4.23. The van der Waals surface area contributed by atoms with E-state index in [9.17, 15) is 8.78 Å². The quantitative estimate of drug-likeness (QED) is 0.895. The monoisotopic (exact) mass is 250 g/mol. The predicted molar refractivity (Wildman–Crippen MR) is 69.9 cm³/mol. The number of anilines is 1. The predicted octanol–water partition coefficient (Wildman–Crippen LogP) is 3.82. The molecule has 0 bridgehead atoms. The van der Waals surface area contributed by atoms with Gasteiger partial charge >= 0.3 is 0 Å². The molecule has 96 valence electrons. The zero-order valence-corrected chi connectivity index (χ0v) is 10.8. The molecule has 1 aromatic heterocycles. The van der Waals surface area contributed by atoms with E-state index in [-0.39, 0.29) is 0 Å². The van der Waals surface area contributed by atoms with Gasteiger partial charge in [-0.3, -0.25) is 4.98 Å². The summed E-state index contributed by atoms with van der Waals surface area (Å²) in [5.74, 6) is -1.70. The first-order valence-corrected chi connectivity index (χ1v) is 6.10. The van der Waals surface area contributed by atoms with Crippen LogP contribution in [0.2, 0.25) is 0 Å². The molecule has 1 heterocycles. The van der Waals surface area contributed by atoms with E-state index in [4.69, 9.17) is 0 Å². The fourth-order valence-electron chi connectivity index (χ4n) is 2.15. The number of halogens is 2. The van der Waals surface area contributed by atoms with Gasteiger partial charge in [0.1, 0.15) is 0 Å². The van der Waals surface area contributed by atoms with Gasteiger partial charge in [0.05, 0.1) is 5.52 Å². The molecule has 2 aromatic rings. The molecule has 0 radical (unpaired) electrons. The Morgan fingerprint density at radius 3 is 2.44 bits per heavy atom. The van der Waals surface area contributed by atoms with Gasteiger partial charge in [-0.05, 0) is 31.9 Å². The maximum atomic E-state index is 13.4. The fraction of sp³-hybridized carbons (Fsp3) is 0.357. The Morgan fingerprint density at radius 1 is 1.17 bits per heavy atom. The van der Waals surface area contributed by atoms with Crippen molar-refractivity contribution < 1.29 is 8.78 Å². The van der Waals surface area contributed by atoms with Gasteiger partial charge in [-0.25, -0.2) is 8.78 Å². The van der Waals surface area contributed by atoms with E-state index in [1.807, 2.05) is 20.8 Å². The highest BCUT2D eigenvalue weighted by molar-refractivity contribution is 5.93. The molecule has 1 N–H and O–H groups in total. The van der Waals surface area contributed by atoms with Crippen LogP contribution in [-0.4, -0.2) is 11.5 Å². The number of nitrogens with zero attached hydrogens (tertiary/aromatic N) is 1. The van der Waals surface area contributed by atoms with Crippen LogP contribution in [0.4, 0.5) is 14.5 Å². The summed E-state index contributed by atoms with van der Waals surface area (Å²) in [6, 6.07) is 2.37. The summed E-state index contributed by atoms with van der Waals surface area (Å²) < 4.78 is 26.6. The van der Waals surface area contributed by atoms with Crippen LogP contribution in [0.3, 0.4) is 0 Å². The highest BCUT2D eigenvalue weighted by atomic mass is 19.2. The third-order valence-electron chi connectivity index (χ3n) is 3.06. The van der Waals surface area contributed by atoms with Crippen molar-refractivity contribution in [3.63, 3.8) is 0 Å². The zero-order valence-electron chi connectivity index (χ0n) is 10.8. The number of fused-ring (bicyclic) bond motifs is 1.